The predicted octanol–water partition coefficient (Wildman–Crippen LogP) is 8.14. The van der Waals surface area contributed by atoms with Crippen molar-refractivity contribution in [3.63, 3.8) is 0 Å². The van der Waals surface area contributed by atoms with E-state index in [0.29, 0.717) is 0 Å². The van der Waals surface area contributed by atoms with Gasteiger partial charge in [0.05, 0.1) is 4.70 Å². The van der Waals surface area contributed by atoms with Crippen LogP contribution in [0.3, 0.4) is 0 Å². The average Bonchev–Trinajstić information content (AvgIpc) is 3.40. The number of rotatable bonds is 6. The molecule has 0 unspecified atom stereocenters. The van der Waals surface area contributed by atoms with Gasteiger partial charge in [0.25, 0.3) is 0 Å². The lowest BCUT2D eigenvalue weighted by molar-refractivity contribution is -0.585. The molecule has 0 fully saturated rings. The third-order valence-electron chi connectivity index (χ3n) is 6.60. The fourth-order valence-corrected chi connectivity index (χ4v) is 5.59. The van der Waals surface area contributed by atoms with Crippen LogP contribution in [0.4, 0.5) is 5.69 Å². The summed E-state index contributed by atoms with van der Waals surface area (Å²) in [5.74, 6) is 0. The van der Waals surface area contributed by atoms with E-state index in [0.717, 1.165) is 33.2 Å². The molecule has 0 radical (unpaired) electrons. The molecular weight excluding hydrogens is 482 g/mol. The van der Waals surface area contributed by atoms with E-state index in [1.54, 1.807) is 11.3 Å². The van der Waals surface area contributed by atoms with Crippen molar-refractivity contribution >= 4 is 39.4 Å². The molecule has 6 rings (SSSR count). The molecule has 0 aliphatic heterocycles. The Morgan fingerprint density at radius 3 is 2.00 bits per heavy atom. The number of aromatic nitrogens is 2. The topological polar surface area (TPSA) is 20.0 Å². The lowest BCUT2D eigenvalue weighted by Crippen LogP contribution is -2.37. The third kappa shape index (κ3) is 4.86. The Kier molecular flexibility index (Phi) is 6.55. The highest BCUT2D eigenvalue weighted by Gasteiger charge is 2.24. The number of hydrogen-bond acceptors (Lipinski definition) is 3. The fourth-order valence-electron chi connectivity index (χ4n) is 4.59. The molecule has 6 aromatic rings. The smallest absolute Gasteiger partial charge is 0.378 e. The van der Waals surface area contributed by atoms with Gasteiger partial charge in [0.15, 0.2) is 5.52 Å². The molecule has 38 heavy (non-hydrogen) atoms. The Morgan fingerprint density at radius 2 is 1.32 bits per heavy atom. The second kappa shape index (κ2) is 10.4. The number of nitrogens with zero attached hydrogens (tertiary/aromatic N) is 3. The van der Waals surface area contributed by atoms with Gasteiger partial charge in [0.2, 0.25) is 0 Å². The Bertz CT molecular complexity index is 1680. The van der Waals surface area contributed by atoms with Crippen molar-refractivity contribution in [1.82, 2.24) is 4.98 Å². The highest BCUT2D eigenvalue weighted by molar-refractivity contribution is 7.20. The predicted molar refractivity (Wildman–Crippen MR) is 162 cm³/mol. The Labute approximate surface area is 227 Å². The van der Waals surface area contributed by atoms with Crippen molar-refractivity contribution in [2.24, 2.45) is 0 Å². The van der Waals surface area contributed by atoms with Crippen molar-refractivity contribution in [3.05, 3.63) is 133 Å². The first-order chi connectivity index (χ1) is 18.7. The van der Waals surface area contributed by atoms with Crippen molar-refractivity contribution in [2.75, 3.05) is 19.0 Å². The van der Waals surface area contributed by atoms with Gasteiger partial charge >= 0.3 is 5.13 Å². The van der Waals surface area contributed by atoms with Crippen LogP contribution in [0.25, 0.3) is 49.9 Å². The van der Waals surface area contributed by atoms with Gasteiger partial charge in [-0.15, -0.1) is 0 Å². The van der Waals surface area contributed by atoms with E-state index in [2.05, 4.69) is 151 Å². The quantitative estimate of drug-likeness (QED) is 0.211. The standard InChI is InChI=1S/C34H28N3S/c1-36(2)29-20-17-25(18-21-29)19-22-30-23-28(26-11-5-3-6-12-26)24-32(27-13-7-4-8-14-27)37(30)34-35-31-15-9-10-16-33(31)38-34/h3-24H,1-2H3/q+1. The summed E-state index contributed by atoms with van der Waals surface area (Å²) in [4.78, 5) is 7.18. The first-order valence-electron chi connectivity index (χ1n) is 12.7. The van der Waals surface area contributed by atoms with E-state index in [1.165, 1.54) is 21.5 Å². The van der Waals surface area contributed by atoms with Gasteiger partial charge in [-0.1, -0.05) is 91.0 Å². The monoisotopic (exact) mass is 510 g/mol. The summed E-state index contributed by atoms with van der Waals surface area (Å²) >= 11 is 1.71. The van der Waals surface area contributed by atoms with Crippen LogP contribution in [-0.2, 0) is 0 Å². The van der Waals surface area contributed by atoms with E-state index in [9.17, 15) is 0 Å². The maximum atomic E-state index is 5.06. The van der Waals surface area contributed by atoms with Crippen molar-refractivity contribution in [2.45, 2.75) is 0 Å². The Balaban J connectivity index is 1.58. The van der Waals surface area contributed by atoms with E-state index in [4.69, 9.17) is 4.98 Å². The molecule has 3 nitrogen and oxygen atoms in total. The zero-order chi connectivity index (χ0) is 25.9. The Morgan fingerprint density at radius 1 is 0.658 bits per heavy atom. The molecular formula is C34H28N3S+. The summed E-state index contributed by atoms with van der Waals surface area (Å²) < 4.78 is 3.47. The van der Waals surface area contributed by atoms with Crippen LogP contribution in [0, 0.1) is 0 Å². The van der Waals surface area contributed by atoms with Crippen LogP contribution in [0.5, 0.6) is 0 Å². The summed E-state index contributed by atoms with van der Waals surface area (Å²) in [6, 6.07) is 42.7. The number of fused-ring (bicyclic) bond motifs is 1. The van der Waals surface area contributed by atoms with Gasteiger partial charge in [-0.2, -0.15) is 4.57 Å². The van der Waals surface area contributed by atoms with Crippen molar-refractivity contribution in [1.29, 1.82) is 0 Å². The van der Waals surface area contributed by atoms with Crippen LogP contribution in [0.1, 0.15) is 11.3 Å². The maximum Gasteiger partial charge on any atom is 0.389 e. The Hall–Kier alpha value is -4.54. The lowest BCUT2D eigenvalue weighted by atomic mass is 10.0. The minimum absolute atomic E-state index is 0.951. The molecule has 0 aliphatic rings. The van der Waals surface area contributed by atoms with Crippen molar-refractivity contribution < 1.29 is 4.57 Å². The van der Waals surface area contributed by atoms with Crippen LogP contribution < -0.4 is 9.47 Å². The molecule has 4 heteroatoms. The van der Waals surface area contributed by atoms with Crippen LogP contribution in [0.15, 0.2) is 121 Å². The third-order valence-corrected chi connectivity index (χ3v) is 7.62. The molecule has 184 valence electrons. The minimum Gasteiger partial charge on any atom is -0.378 e. The maximum absolute atomic E-state index is 5.06. The second-order valence-corrected chi connectivity index (χ2v) is 10.4. The van der Waals surface area contributed by atoms with Crippen LogP contribution in [-0.4, -0.2) is 19.1 Å². The molecule has 2 heterocycles. The largest absolute Gasteiger partial charge is 0.389 e. The van der Waals surface area contributed by atoms with Gasteiger partial charge in [-0.3, -0.25) is 0 Å². The molecule has 0 N–H and O–H groups in total. The zero-order valence-corrected chi connectivity index (χ0v) is 22.3. The van der Waals surface area contributed by atoms with Gasteiger partial charge in [-0.05, 0) is 75.5 Å². The van der Waals surface area contributed by atoms with E-state index in [-0.39, 0.29) is 0 Å². The lowest BCUT2D eigenvalue weighted by Gasteiger charge is -2.12. The molecule has 0 spiro atoms. The van der Waals surface area contributed by atoms with Crippen molar-refractivity contribution in [3.8, 4) is 27.5 Å². The van der Waals surface area contributed by atoms with Gasteiger partial charge in [-0.25, -0.2) is 0 Å². The molecule has 0 saturated carbocycles. The number of thiazole rings is 1. The fraction of sp³-hybridized carbons (Fsp3) is 0.0588. The summed E-state index contributed by atoms with van der Waals surface area (Å²) in [7, 11) is 4.12. The summed E-state index contributed by atoms with van der Waals surface area (Å²) in [6.07, 6.45) is 4.39. The summed E-state index contributed by atoms with van der Waals surface area (Å²) in [5.41, 5.74) is 9.03. The minimum atomic E-state index is 0.951. The molecule has 2 aromatic heterocycles. The summed E-state index contributed by atoms with van der Waals surface area (Å²) in [6.45, 7) is 0. The molecule has 0 bridgehead atoms. The van der Waals surface area contributed by atoms with Gasteiger partial charge in [0, 0.05) is 25.3 Å². The molecule has 0 atom stereocenters. The molecule has 4 aromatic carbocycles. The first-order valence-corrected chi connectivity index (χ1v) is 13.5. The number of pyridine rings is 1. The van der Waals surface area contributed by atoms with Gasteiger partial charge < -0.3 is 4.90 Å². The molecule has 0 saturated heterocycles. The number of hydrogen-bond donors (Lipinski definition) is 0. The zero-order valence-electron chi connectivity index (χ0n) is 21.5. The highest BCUT2D eigenvalue weighted by Crippen LogP contribution is 2.30. The SMILES string of the molecule is CN(C)c1ccc(/C=C/c2cc(-c3ccccc3)cc(-c3ccccc3)[n+]2-c2nc3ccccc3s2)cc1. The van der Waals surface area contributed by atoms with E-state index < -0.39 is 0 Å². The molecule has 0 amide bonds. The number of benzene rings is 4. The van der Waals surface area contributed by atoms with Crippen LogP contribution in [0.2, 0.25) is 0 Å². The number of para-hydroxylation sites is 1. The highest BCUT2D eigenvalue weighted by atomic mass is 32.1. The summed E-state index contributed by atoms with van der Waals surface area (Å²) in [5, 5.41) is 0.951. The number of anilines is 1. The average molecular weight is 511 g/mol. The van der Waals surface area contributed by atoms with Crippen LogP contribution >= 0.6 is 11.3 Å². The van der Waals surface area contributed by atoms with E-state index in [1.807, 2.05) is 6.07 Å². The van der Waals surface area contributed by atoms with E-state index >= 15 is 0 Å². The second-order valence-electron chi connectivity index (χ2n) is 9.41. The first kappa shape index (κ1) is 23.8. The van der Waals surface area contributed by atoms with Gasteiger partial charge in [0.1, 0.15) is 11.4 Å². The molecule has 0 aliphatic carbocycles. The normalized spacial score (nSPS) is 11.3.